The van der Waals surface area contributed by atoms with Crippen molar-refractivity contribution in [3.8, 4) is 0 Å². The van der Waals surface area contributed by atoms with Crippen LogP contribution in [0, 0.1) is 0 Å². The molecule has 1 heterocycles. The first-order valence-corrected chi connectivity index (χ1v) is 8.53. The van der Waals surface area contributed by atoms with E-state index in [0.717, 1.165) is 24.8 Å². The molecule has 106 valence electrons. The van der Waals surface area contributed by atoms with Gasteiger partial charge in [0.1, 0.15) is 0 Å². The van der Waals surface area contributed by atoms with E-state index in [4.69, 9.17) is 5.11 Å². The van der Waals surface area contributed by atoms with Crippen LogP contribution in [0.25, 0.3) is 0 Å². The van der Waals surface area contributed by atoms with Crippen LogP contribution in [0.5, 0.6) is 0 Å². The highest BCUT2D eigenvalue weighted by molar-refractivity contribution is 7.98. The first kappa shape index (κ1) is 15.9. The van der Waals surface area contributed by atoms with Crippen molar-refractivity contribution in [2.75, 3.05) is 18.6 Å². The van der Waals surface area contributed by atoms with Gasteiger partial charge in [0.2, 0.25) is 0 Å². The number of thioether (sulfide) groups is 1. The van der Waals surface area contributed by atoms with E-state index in [0.29, 0.717) is 6.54 Å². The standard InChI is InChI=1S/C11H16N2O4S2/c1-18-7-3-2-6-13-19(16,17)10-5-4-9(8-12-10)11(14)15/h4-5,8,13H,2-3,6-7H2,1H3,(H,14,15). The van der Waals surface area contributed by atoms with E-state index in [-0.39, 0.29) is 10.6 Å². The molecule has 0 atom stereocenters. The fraction of sp³-hybridized carbons (Fsp3) is 0.455. The summed E-state index contributed by atoms with van der Waals surface area (Å²) in [6.07, 6.45) is 4.73. The fourth-order valence-corrected chi connectivity index (χ4v) is 2.81. The summed E-state index contributed by atoms with van der Waals surface area (Å²) in [4.78, 5) is 14.3. The molecular weight excluding hydrogens is 288 g/mol. The number of unbranched alkanes of at least 4 members (excludes halogenated alkanes) is 1. The number of carboxylic acids is 1. The third-order valence-electron chi connectivity index (χ3n) is 2.33. The van der Waals surface area contributed by atoms with Gasteiger partial charge in [0.05, 0.1) is 5.56 Å². The van der Waals surface area contributed by atoms with Gasteiger partial charge in [-0.05, 0) is 37.0 Å². The smallest absolute Gasteiger partial charge is 0.337 e. The van der Waals surface area contributed by atoms with Crippen molar-refractivity contribution in [2.24, 2.45) is 0 Å². The third kappa shape index (κ3) is 5.17. The second kappa shape index (κ2) is 7.46. The fourth-order valence-electron chi connectivity index (χ4n) is 1.32. The van der Waals surface area contributed by atoms with Gasteiger partial charge in [-0.2, -0.15) is 11.8 Å². The van der Waals surface area contributed by atoms with Gasteiger partial charge < -0.3 is 5.11 Å². The van der Waals surface area contributed by atoms with Crippen LogP contribution in [0.15, 0.2) is 23.4 Å². The predicted octanol–water partition coefficient (Wildman–Crippen LogP) is 1.20. The number of carbonyl (C=O) groups is 1. The minimum atomic E-state index is -3.65. The molecule has 0 amide bonds. The van der Waals surface area contributed by atoms with Crippen molar-refractivity contribution in [3.05, 3.63) is 23.9 Å². The summed E-state index contributed by atoms with van der Waals surface area (Å²) < 4.78 is 26.1. The van der Waals surface area contributed by atoms with Crippen LogP contribution in [0.4, 0.5) is 0 Å². The van der Waals surface area contributed by atoms with Crippen LogP contribution in [-0.2, 0) is 10.0 Å². The maximum absolute atomic E-state index is 11.8. The number of hydrogen-bond acceptors (Lipinski definition) is 5. The molecule has 8 heteroatoms. The van der Waals surface area contributed by atoms with Crippen molar-refractivity contribution >= 4 is 27.8 Å². The van der Waals surface area contributed by atoms with E-state index >= 15 is 0 Å². The van der Waals surface area contributed by atoms with Crippen LogP contribution >= 0.6 is 11.8 Å². The Balaban J connectivity index is 2.59. The van der Waals surface area contributed by atoms with Crippen molar-refractivity contribution in [1.29, 1.82) is 0 Å². The lowest BCUT2D eigenvalue weighted by Gasteiger charge is -2.05. The Hall–Kier alpha value is -1.12. The summed E-state index contributed by atoms with van der Waals surface area (Å²) in [5.41, 5.74) is -0.0427. The Morgan fingerprint density at radius 1 is 1.42 bits per heavy atom. The summed E-state index contributed by atoms with van der Waals surface area (Å²) in [5.74, 6) is -0.144. The Morgan fingerprint density at radius 2 is 2.16 bits per heavy atom. The first-order chi connectivity index (χ1) is 8.97. The average molecular weight is 304 g/mol. The van der Waals surface area contributed by atoms with E-state index in [1.54, 1.807) is 11.8 Å². The van der Waals surface area contributed by atoms with Gasteiger partial charge in [0.15, 0.2) is 5.03 Å². The molecule has 0 aliphatic carbocycles. The van der Waals surface area contributed by atoms with Gasteiger partial charge in [0.25, 0.3) is 10.0 Å². The van der Waals surface area contributed by atoms with Crippen molar-refractivity contribution in [1.82, 2.24) is 9.71 Å². The molecule has 1 rings (SSSR count). The molecule has 1 aromatic heterocycles. The van der Waals surface area contributed by atoms with E-state index in [9.17, 15) is 13.2 Å². The molecule has 1 aromatic rings. The molecule has 2 N–H and O–H groups in total. The van der Waals surface area contributed by atoms with Gasteiger partial charge in [-0.15, -0.1) is 0 Å². The number of pyridine rings is 1. The zero-order valence-corrected chi connectivity index (χ0v) is 12.1. The molecule has 0 unspecified atom stereocenters. The summed E-state index contributed by atoms with van der Waals surface area (Å²) in [6.45, 7) is 0.352. The topological polar surface area (TPSA) is 96.4 Å². The minimum absolute atomic E-state index is 0.0427. The molecule has 0 radical (unpaired) electrons. The summed E-state index contributed by atoms with van der Waals surface area (Å²) in [7, 11) is -3.65. The number of sulfonamides is 1. The molecule has 0 aliphatic heterocycles. The zero-order chi connectivity index (χ0) is 14.3. The number of hydrogen-bond donors (Lipinski definition) is 2. The van der Waals surface area contributed by atoms with E-state index in [1.807, 2.05) is 6.26 Å². The quantitative estimate of drug-likeness (QED) is 0.701. The molecule has 19 heavy (non-hydrogen) atoms. The van der Waals surface area contributed by atoms with Crippen LogP contribution in [-0.4, -0.2) is 43.0 Å². The molecule has 6 nitrogen and oxygen atoms in total. The van der Waals surface area contributed by atoms with E-state index < -0.39 is 16.0 Å². The summed E-state index contributed by atoms with van der Waals surface area (Å²) >= 11 is 1.72. The number of aromatic carboxylic acids is 1. The monoisotopic (exact) mass is 304 g/mol. The molecule has 0 aromatic carbocycles. The van der Waals surface area contributed by atoms with Crippen molar-refractivity contribution in [2.45, 2.75) is 17.9 Å². The second-order valence-corrected chi connectivity index (χ2v) is 6.49. The second-order valence-electron chi connectivity index (χ2n) is 3.79. The van der Waals surface area contributed by atoms with Crippen molar-refractivity contribution in [3.63, 3.8) is 0 Å². The predicted molar refractivity (Wildman–Crippen MR) is 74.0 cm³/mol. The van der Waals surface area contributed by atoms with E-state index in [2.05, 4.69) is 9.71 Å². The summed E-state index contributed by atoms with van der Waals surface area (Å²) in [5, 5.41) is 8.53. The Kier molecular flexibility index (Phi) is 6.26. The molecule has 0 spiro atoms. The highest BCUT2D eigenvalue weighted by atomic mass is 32.2. The molecule has 0 saturated carbocycles. The lowest BCUT2D eigenvalue weighted by Crippen LogP contribution is -2.25. The van der Waals surface area contributed by atoms with Gasteiger partial charge in [0, 0.05) is 12.7 Å². The molecule has 0 fully saturated rings. The maximum Gasteiger partial charge on any atom is 0.337 e. The van der Waals surface area contributed by atoms with Crippen LogP contribution < -0.4 is 4.72 Å². The average Bonchev–Trinajstić information content (AvgIpc) is 2.38. The molecule has 0 saturated heterocycles. The lowest BCUT2D eigenvalue weighted by molar-refractivity contribution is 0.0696. The number of carboxylic acid groups (broad SMARTS) is 1. The van der Waals surface area contributed by atoms with E-state index in [1.165, 1.54) is 12.1 Å². The third-order valence-corrected chi connectivity index (χ3v) is 4.40. The van der Waals surface area contributed by atoms with Gasteiger partial charge >= 0.3 is 5.97 Å². The number of aromatic nitrogens is 1. The molecule has 0 aliphatic rings. The highest BCUT2D eigenvalue weighted by Gasteiger charge is 2.15. The lowest BCUT2D eigenvalue weighted by atomic mass is 10.3. The van der Waals surface area contributed by atoms with Crippen LogP contribution in [0.3, 0.4) is 0 Å². The Bertz CT molecular complexity index is 514. The first-order valence-electron chi connectivity index (χ1n) is 5.65. The SMILES string of the molecule is CSCCCCNS(=O)(=O)c1ccc(C(=O)O)cn1. The van der Waals surface area contributed by atoms with Gasteiger partial charge in [-0.3, -0.25) is 0 Å². The minimum Gasteiger partial charge on any atom is -0.478 e. The van der Waals surface area contributed by atoms with Crippen LogP contribution in [0.2, 0.25) is 0 Å². The number of rotatable bonds is 8. The van der Waals surface area contributed by atoms with Gasteiger partial charge in [-0.1, -0.05) is 0 Å². The zero-order valence-electron chi connectivity index (χ0n) is 10.5. The Morgan fingerprint density at radius 3 is 2.68 bits per heavy atom. The number of nitrogens with zero attached hydrogens (tertiary/aromatic N) is 1. The largest absolute Gasteiger partial charge is 0.478 e. The normalized spacial score (nSPS) is 11.4. The molecule has 0 bridgehead atoms. The van der Waals surface area contributed by atoms with Crippen molar-refractivity contribution < 1.29 is 18.3 Å². The highest BCUT2D eigenvalue weighted by Crippen LogP contribution is 2.07. The van der Waals surface area contributed by atoms with Crippen LogP contribution in [0.1, 0.15) is 23.2 Å². The number of nitrogens with one attached hydrogen (secondary N) is 1. The summed E-state index contributed by atoms with van der Waals surface area (Å²) in [6, 6.07) is 2.41. The molecular formula is C11H16N2O4S2. The Labute approximate surface area is 116 Å². The maximum atomic E-state index is 11.8. The van der Waals surface area contributed by atoms with Gasteiger partial charge in [-0.25, -0.2) is 22.9 Å².